The molecule has 0 aromatic rings. The molecule has 0 aromatic heterocycles. The van der Waals surface area contributed by atoms with Gasteiger partial charge in [0.1, 0.15) is 0 Å². The summed E-state index contributed by atoms with van der Waals surface area (Å²) < 4.78 is 0. The molecule has 2 unspecified atom stereocenters. The summed E-state index contributed by atoms with van der Waals surface area (Å²) in [5, 5.41) is 3.35. The van der Waals surface area contributed by atoms with Crippen LogP contribution in [0.4, 0.5) is 0 Å². The average Bonchev–Trinajstić information content (AvgIpc) is 2.93. The second-order valence-corrected chi connectivity index (χ2v) is 5.95. The van der Waals surface area contributed by atoms with Crippen molar-refractivity contribution < 1.29 is 4.79 Å². The number of nitrogens with two attached hydrogens (primary N) is 1. The van der Waals surface area contributed by atoms with E-state index in [0.29, 0.717) is 6.04 Å². The van der Waals surface area contributed by atoms with Crippen molar-refractivity contribution in [1.29, 1.82) is 0 Å². The maximum atomic E-state index is 11.4. The molecule has 4 heteroatoms. The standard InChI is InChI=1S/C13H25N3O/c1-9(2)10-5-6-16(7-10)8-12(13(14)17)15-11-3-4-11/h9-12,15H,3-8H2,1-2H3,(H2,14,17). The zero-order chi connectivity index (χ0) is 12.4. The number of nitrogens with one attached hydrogen (secondary N) is 1. The third-order valence-corrected chi connectivity index (χ3v) is 4.05. The molecule has 4 nitrogen and oxygen atoms in total. The first-order valence-corrected chi connectivity index (χ1v) is 6.84. The van der Waals surface area contributed by atoms with Gasteiger partial charge in [-0.05, 0) is 37.6 Å². The molecule has 1 aliphatic carbocycles. The van der Waals surface area contributed by atoms with Gasteiger partial charge in [0.2, 0.25) is 5.91 Å². The summed E-state index contributed by atoms with van der Waals surface area (Å²) in [6.45, 7) is 7.58. The van der Waals surface area contributed by atoms with Gasteiger partial charge in [-0.2, -0.15) is 0 Å². The predicted octanol–water partition coefficient (Wildman–Crippen LogP) is 0.570. The maximum absolute atomic E-state index is 11.4. The highest BCUT2D eigenvalue weighted by molar-refractivity contribution is 5.80. The summed E-state index contributed by atoms with van der Waals surface area (Å²) >= 11 is 0. The number of hydrogen-bond donors (Lipinski definition) is 2. The van der Waals surface area contributed by atoms with Gasteiger partial charge in [0, 0.05) is 19.1 Å². The first-order valence-electron chi connectivity index (χ1n) is 6.84. The van der Waals surface area contributed by atoms with Gasteiger partial charge in [-0.1, -0.05) is 13.8 Å². The summed E-state index contributed by atoms with van der Waals surface area (Å²) in [6, 6.07) is 0.379. The highest BCUT2D eigenvalue weighted by Crippen LogP contribution is 2.24. The van der Waals surface area contributed by atoms with Gasteiger partial charge < -0.3 is 16.0 Å². The Kier molecular flexibility index (Phi) is 4.05. The van der Waals surface area contributed by atoms with Crippen molar-refractivity contribution >= 4 is 5.91 Å². The van der Waals surface area contributed by atoms with Crippen LogP contribution >= 0.6 is 0 Å². The minimum absolute atomic E-state index is 0.159. The zero-order valence-electron chi connectivity index (χ0n) is 11.0. The van der Waals surface area contributed by atoms with Crippen LogP contribution in [0.2, 0.25) is 0 Å². The molecule has 0 radical (unpaired) electrons. The van der Waals surface area contributed by atoms with Crippen molar-refractivity contribution in [3.63, 3.8) is 0 Å². The molecule has 1 heterocycles. The Hall–Kier alpha value is -0.610. The molecule has 2 atom stereocenters. The van der Waals surface area contributed by atoms with E-state index in [4.69, 9.17) is 5.73 Å². The largest absolute Gasteiger partial charge is 0.368 e. The van der Waals surface area contributed by atoms with E-state index in [9.17, 15) is 4.79 Å². The first kappa shape index (κ1) is 12.8. The topological polar surface area (TPSA) is 58.4 Å². The van der Waals surface area contributed by atoms with Crippen LogP contribution < -0.4 is 11.1 Å². The van der Waals surface area contributed by atoms with E-state index in [1.165, 1.54) is 19.3 Å². The summed E-state index contributed by atoms with van der Waals surface area (Å²) in [5.41, 5.74) is 5.46. The molecule has 2 rings (SSSR count). The van der Waals surface area contributed by atoms with Crippen LogP contribution in [-0.2, 0) is 4.79 Å². The highest BCUT2D eigenvalue weighted by Gasteiger charge is 2.31. The van der Waals surface area contributed by atoms with Crippen molar-refractivity contribution in [1.82, 2.24) is 10.2 Å². The lowest BCUT2D eigenvalue weighted by atomic mass is 9.95. The second-order valence-electron chi connectivity index (χ2n) is 5.95. The van der Waals surface area contributed by atoms with Crippen LogP contribution in [0.25, 0.3) is 0 Å². The van der Waals surface area contributed by atoms with Gasteiger partial charge in [-0.25, -0.2) is 0 Å². The molecular formula is C13H25N3O. The Morgan fingerprint density at radius 3 is 2.59 bits per heavy atom. The van der Waals surface area contributed by atoms with Crippen molar-refractivity contribution in [3.05, 3.63) is 0 Å². The molecule has 2 aliphatic rings. The Balaban J connectivity index is 1.79. The molecule has 3 N–H and O–H groups in total. The van der Waals surface area contributed by atoms with E-state index in [0.717, 1.165) is 31.5 Å². The van der Waals surface area contributed by atoms with E-state index in [2.05, 4.69) is 24.1 Å². The van der Waals surface area contributed by atoms with E-state index >= 15 is 0 Å². The van der Waals surface area contributed by atoms with E-state index < -0.39 is 0 Å². The van der Waals surface area contributed by atoms with E-state index in [1.54, 1.807) is 0 Å². The zero-order valence-corrected chi connectivity index (χ0v) is 11.0. The molecule has 0 spiro atoms. The molecule has 17 heavy (non-hydrogen) atoms. The van der Waals surface area contributed by atoms with Crippen molar-refractivity contribution in [3.8, 4) is 0 Å². The molecular weight excluding hydrogens is 214 g/mol. The molecule has 1 amide bonds. The minimum Gasteiger partial charge on any atom is -0.368 e. The minimum atomic E-state index is -0.204. The van der Waals surface area contributed by atoms with Gasteiger partial charge in [0.25, 0.3) is 0 Å². The summed E-state index contributed by atoms with van der Waals surface area (Å²) in [7, 11) is 0. The Bertz CT molecular complexity index is 276. The molecule has 0 bridgehead atoms. The van der Waals surface area contributed by atoms with Crippen molar-refractivity contribution in [2.24, 2.45) is 17.6 Å². The van der Waals surface area contributed by atoms with Crippen LogP contribution in [0.1, 0.15) is 33.1 Å². The number of likely N-dealkylation sites (tertiary alicyclic amines) is 1. The van der Waals surface area contributed by atoms with Crippen LogP contribution in [0, 0.1) is 11.8 Å². The summed E-state index contributed by atoms with van der Waals surface area (Å²) in [4.78, 5) is 13.8. The lowest BCUT2D eigenvalue weighted by Gasteiger charge is -2.23. The maximum Gasteiger partial charge on any atom is 0.235 e. The number of hydrogen-bond acceptors (Lipinski definition) is 3. The lowest BCUT2D eigenvalue weighted by Crippen LogP contribution is -2.49. The van der Waals surface area contributed by atoms with Crippen molar-refractivity contribution in [2.45, 2.75) is 45.2 Å². The van der Waals surface area contributed by atoms with Gasteiger partial charge in [0.05, 0.1) is 6.04 Å². The summed E-state index contributed by atoms with van der Waals surface area (Å²) in [5.74, 6) is 1.32. The molecule has 1 saturated carbocycles. The molecule has 1 aliphatic heterocycles. The monoisotopic (exact) mass is 239 g/mol. The highest BCUT2D eigenvalue weighted by atomic mass is 16.1. The number of carbonyl (C=O) groups excluding carboxylic acids is 1. The number of rotatable bonds is 6. The third kappa shape index (κ3) is 3.68. The number of primary amides is 1. The van der Waals surface area contributed by atoms with E-state index in [-0.39, 0.29) is 11.9 Å². The first-order chi connectivity index (χ1) is 8.06. The molecule has 0 aromatic carbocycles. The Morgan fingerprint density at radius 2 is 2.12 bits per heavy atom. The normalized spacial score (nSPS) is 27.6. The van der Waals surface area contributed by atoms with Gasteiger partial charge in [-0.3, -0.25) is 4.79 Å². The van der Waals surface area contributed by atoms with E-state index in [1.807, 2.05) is 0 Å². The molecule has 98 valence electrons. The second kappa shape index (κ2) is 5.36. The van der Waals surface area contributed by atoms with Gasteiger partial charge >= 0.3 is 0 Å². The fraction of sp³-hybridized carbons (Fsp3) is 0.923. The summed E-state index contributed by atoms with van der Waals surface area (Å²) in [6.07, 6.45) is 3.64. The number of amides is 1. The van der Waals surface area contributed by atoms with Gasteiger partial charge in [0.15, 0.2) is 0 Å². The van der Waals surface area contributed by atoms with Crippen LogP contribution in [0.3, 0.4) is 0 Å². The SMILES string of the molecule is CC(C)C1CCN(CC(NC2CC2)C(N)=O)C1. The van der Waals surface area contributed by atoms with Crippen LogP contribution in [0.5, 0.6) is 0 Å². The smallest absolute Gasteiger partial charge is 0.235 e. The lowest BCUT2D eigenvalue weighted by molar-refractivity contribution is -0.120. The fourth-order valence-corrected chi connectivity index (χ4v) is 2.59. The van der Waals surface area contributed by atoms with Gasteiger partial charge in [-0.15, -0.1) is 0 Å². The Labute approximate surface area is 104 Å². The third-order valence-electron chi connectivity index (χ3n) is 4.05. The molecule has 2 fully saturated rings. The fourth-order valence-electron chi connectivity index (χ4n) is 2.59. The van der Waals surface area contributed by atoms with Crippen LogP contribution in [-0.4, -0.2) is 42.5 Å². The predicted molar refractivity (Wildman–Crippen MR) is 68.5 cm³/mol. The molecule has 1 saturated heterocycles. The number of carbonyl (C=O) groups is 1. The van der Waals surface area contributed by atoms with Crippen LogP contribution in [0.15, 0.2) is 0 Å². The number of nitrogens with zero attached hydrogens (tertiary/aromatic N) is 1. The Morgan fingerprint density at radius 1 is 1.41 bits per heavy atom. The van der Waals surface area contributed by atoms with Crippen molar-refractivity contribution in [2.75, 3.05) is 19.6 Å². The quantitative estimate of drug-likeness (QED) is 0.712. The average molecular weight is 239 g/mol.